The Morgan fingerprint density at radius 3 is 2.19 bits per heavy atom. The van der Waals surface area contributed by atoms with Gasteiger partial charge in [-0.25, -0.2) is 5.48 Å². The maximum Gasteiger partial charge on any atom is 0.252 e. The van der Waals surface area contributed by atoms with Crippen LogP contribution >= 0.6 is 35.6 Å². The summed E-state index contributed by atoms with van der Waals surface area (Å²) < 4.78 is 0. The summed E-state index contributed by atoms with van der Waals surface area (Å²) in [6.45, 7) is 0. The third kappa shape index (κ3) is 5.18. The van der Waals surface area contributed by atoms with Crippen molar-refractivity contribution < 1.29 is 5.21 Å². The quantitative estimate of drug-likeness (QED) is 0.514. The van der Waals surface area contributed by atoms with Gasteiger partial charge in [-0.15, -0.1) is 12.4 Å². The molecule has 3 N–H and O–H groups in total. The zero-order valence-corrected chi connectivity index (χ0v) is 16.0. The second kappa shape index (κ2) is 9.35. The van der Waals surface area contributed by atoms with Gasteiger partial charge in [0.05, 0.1) is 11.6 Å². The summed E-state index contributed by atoms with van der Waals surface area (Å²) in [6, 6.07) is 14.0. The summed E-state index contributed by atoms with van der Waals surface area (Å²) in [5, 5.41) is 22.0. The van der Waals surface area contributed by atoms with E-state index in [4.69, 9.17) is 28.5 Å². The molecule has 0 bridgehead atoms. The van der Waals surface area contributed by atoms with Crippen molar-refractivity contribution in [3.63, 3.8) is 0 Å². The van der Waals surface area contributed by atoms with Gasteiger partial charge in [-0.1, -0.05) is 29.3 Å². The molecule has 0 unspecified atom stereocenters. The van der Waals surface area contributed by atoms with E-state index in [-0.39, 0.29) is 30.7 Å². The van der Waals surface area contributed by atoms with E-state index in [1.165, 1.54) is 0 Å². The minimum Gasteiger partial charge on any atom is -0.324 e. The van der Waals surface area contributed by atoms with Crippen LogP contribution in [0.15, 0.2) is 42.5 Å². The lowest BCUT2D eigenvalue weighted by molar-refractivity contribution is 0.382. The van der Waals surface area contributed by atoms with E-state index in [1.807, 2.05) is 11.5 Å². The maximum atomic E-state index is 9.18. The molecular weight excluding hydrogens is 411 g/mol. The van der Waals surface area contributed by atoms with E-state index in [0.29, 0.717) is 32.7 Å². The number of hydrogen-bond donors (Lipinski definition) is 3. The van der Waals surface area contributed by atoms with Crippen molar-refractivity contribution in [2.45, 2.75) is 6.42 Å². The normalized spacial score (nSPS) is 9.85. The summed E-state index contributed by atoms with van der Waals surface area (Å²) in [4.78, 5) is 12.5. The number of benzene rings is 2. The lowest BCUT2D eigenvalue weighted by atomic mass is 10.1. The molecule has 0 fully saturated rings. The van der Waals surface area contributed by atoms with Gasteiger partial charge in [0.1, 0.15) is 5.82 Å². The second-order valence-corrected chi connectivity index (χ2v) is 6.02. The fraction of sp³-hybridized carbons (Fsp3) is 0.0588. The third-order valence-corrected chi connectivity index (χ3v) is 4.16. The standard InChI is InChI=1S/C17H12Cl2N6O.ClH/c18-13-2-1-3-14(19)12(13)8-15-22-16(24-17(23-15)25-26)21-11-6-4-10(9-20)5-7-11;/h1-7,26H,8H2,(H2,21,22,23,24,25);1H. The van der Waals surface area contributed by atoms with Crippen molar-refractivity contribution in [3.05, 3.63) is 69.5 Å². The average Bonchev–Trinajstić information content (AvgIpc) is 2.65. The van der Waals surface area contributed by atoms with Crippen LogP contribution in [0.5, 0.6) is 0 Å². The van der Waals surface area contributed by atoms with E-state index >= 15 is 0 Å². The van der Waals surface area contributed by atoms with Gasteiger partial charge in [0.15, 0.2) is 0 Å². The predicted octanol–water partition coefficient (Wildman–Crippen LogP) is 4.61. The first-order chi connectivity index (χ1) is 12.6. The van der Waals surface area contributed by atoms with Gasteiger partial charge in [0, 0.05) is 22.2 Å². The summed E-state index contributed by atoms with van der Waals surface area (Å²) in [5.41, 5.74) is 3.81. The Morgan fingerprint density at radius 2 is 1.59 bits per heavy atom. The minimum atomic E-state index is -0.0191. The molecule has 0 radical (unpaired) electrons. The number of anilines is 3. The summed E-state index contributed by atoms with van der Waals surface area (Å²) in [5.74, 6) is 0.566. The number of nitrogens with one attached hydrogen (secondary N) is 2. The van der Waals surface area contributed by atoms with Gasteiger partial charge in [0.25, 0.3) is 5.95 Å². The van der Waals surface area contributed by atoms with E-state index in [2.05, 4.69) is 20.3 Å². The molecule has 7 nitrogen and oxygen atoms in total. The summed E-state index contributed by atoms with van der Waals surface area (Å²) in [7, 11) is 0. The Morgan fingerprint density at radius 1 is 0.963 bits per heavy atom. The molecule has 3 rings (SSSR count). The van der Waals surface area contributed by atoms with Crippen molar-refractivity contribution >= 4 is 53.2 Å². The zero-order valence-electron chi connectivity index (χ0n) is 13.6. The summed E-state index contributed by atoms with van der Waals surface area (Å²) >= 11 is 12.4. The van der Waals surface area contributed by atoms with Crippen molar-refractivity contribution in [2.75, 3.05) is 10.8 Å². The highest BCUT2D eigenvalue weighted by molar-refractivity contribution is 6.36. The molecule has 2 aromatic carbocycles. The third-order valence-electron chi connectivity index (χ3n) is 3.45. The number of hydrogen-bond acceptors (Lipinski definition) is 7. The van der Waals surface area contributed by atoms with Crippen molar-refractivity contribution in [2.24, 2.45) is 0 Å². The highest BCUT2D eigenvalue weighted by Crippen LogP contribution is 2.26. The highest BCUT2D eigenvalue weighted by atomic mass is 35.5. The number of aromatic nitrogens is 3. The van der Waals surface area contributed by atoms with Crippen molar-refractivity contribution in [1.82, 2.24) is 15.0 Å². The molecule has 27 heavy (non-hydrogen) atoms. The van der Waals surface area contributed by atoms with Crippen LogP contribution in [0.4, 0.5) is 17.6 Å². The first kappa shape index (κ1) is 20.7. The van der Waals surface area contributed by atoms with E-state index in [9.17, 15) is 5.21 Å². The first-order valence-electron chi connectivity index (χ1n) is 7.44. The van der Waals surface area contributed by atoms with Crippen LogP contribution in [0, 0.1) is 11.3 Å². The van der Waals surface area contributed by atoms with Crippen LogP contribution < -0.4 is 10.8 Å². The zero-order chi connectivity index (χ0) is 18.5. The van der Waals surface area contributed by atoms with Crippen LogP contribution in [-0.2, 0) is 6.42 Å². The van der Waals surface area contributed by atoms with Crippen LogP contribution in [0.2, 0.25) is 10.0 Å². The molecule has 1 heterocycles. The smallest absolute Gasteiger partial charge is 0.252 e. The molecule has 0 aliphatic carbocycles. The molecule has 0 spiro atoms. The van der Waals surface area contributed by atoms with Gasteiger partial charge in [0.2, 0.25) is 5.95 Å². The Bertz CT molecular complexity index is 955. The summed E-state index contributed by atoms with van der Waals surface area (Å²) in [6.07, 6.45) is 0.262. The molecule has 138 valence electrons. The van der Waals surface area contributed by atoms with Crippen molar-refractivity contribution in [3.8, 4) is 6.07 Å². The van der Waals surface area contributed by atoms with E-state index < -0.39 is 0 Å². The SMILES string of the molecule is Cl.N#Cc1ccc(Nc2nc(Cc3c(Cl)cccc3Cl)nc(NO)n2)cc1. The van der Waals surface area contributed by atoms with Gasteiger partial charge in [-0.3, -0.25) is 5.21 Å². The second-order valence-electron chi connectivity index (χ2n) is 5.20. The number of nitrogens with zero attached hydrogens (tertiary/aromatic N) is 4. The van der Waals surface area contributed by atoms with Gasteiger partial charge < -0.3 is 5.32 Å². The maximum absolute atomic E-state index is 9.18. The molecule has 0 saturated heterocycles. The topological polar surface area (TPSA) is 107 Å². The molecule has 0 saturated carbocycles. The molecule has 0 aliphatic heterocycles. The number of nitriles is 1. The first-order valence-corrected chi connectivity index (χ1v) is 8.20. The molecule has 10 heteroatoms. The predicted molar refractivity (Wildman–Crippen MR) is 106 cm³/mol. The van der Waals surface area contributed by atoms with Crippen LogP contribution in [0.3, 0.4) is 0 Å². The largest absolute Gasteiger partial charge is 0.324 e. The number of halogens is 3. The van der Waals surface area contributed by atoms with Gasteiger partial charge in [-0.2, -0.15) is 20.2 Å². The molecule has 0 aliphatic rings. The number of rotatable bonds is 5. The van der Waals surface area contributed by atoms with E-state index in [0.717, 1.165) is 0 Å². The fourth-order valence-corrected chi connectivity index (χ4v) is 2.75. The Kier molecular flexibility index (Phi) is 7.16. The van der Waals surface area contributed by atoms with Crippen molar-refractivity contribution in [1.29, 1.82) is 5.26 Å². The minimum absolute atomic E-state index is 0. The fourth-order valence-electron chi connectivity index (χ4n) is 2.22. The van der Waals surface area contributed by atoms with Crippen LogP contribution in [0.25, 0.3) is 0 Å². The molecule has 0 atom stereocenters. The Hall–Kier alpha value is -2.63. The van der Waals surface area contributed by atoms with Gasteiger partial charge >= 0.3 is 0 Å². The monoisotopic (exact) mass is 422 g/mol. The van der Waals surface area contributed by atoms with E-state index in [1.54, 1.807) is 42.5 Å². The highest BCUT2D eigenvalue weighted by Gasteiger charge is 2.12. The molecular formula is C17H13Cl3N6O. The van der Waals surface area contributed by atoms with Gasteiger partial charge in [-0.05, 0) is 42.0 Å². The molecule has 0 amide bonds. The van der Waals surface area contributed by atoms with Crippen LogP contribution in [-0.4, -0.2) is 20.2 Å². The average molecular weight is 424 g/mol. The lowest BCUT2D eigenvalue weighted by Gasteiger charge is -2.10. The molecule has 3 aromatic rings. The Balaban J connectivity index is 0.00000261. The Labute approximate surface area is 171 Å². The lowest BCUT2D eigenvalue weighted by Crippen LogP contribution is -2.08. The van der Waals surface area contributed by atoms with Crippen LogP contribution in [0.1, 0.15) is 17.0 Å². The molecule has 1 aromatic heterocycles.